The van der Waals surface area contributed by atoms with Crippen LogP contribution in [-0.2, 0) is 0 Å². The minimum atomic E-state index is -0.339. The third-order valence-electron chi connectivity index (χ3n) is 3.36. The summed E-state index contributed by atoms with van der Waals surface area (Å²) in [5.74, 6) is -0.107. The van der Waals surface area contributed by atoms with Crippen LogP contribution in [0.2, 0.25) is 0 Å². The van der Waals surface area contributed by atoms with Crippen LogP contribution >= 0.6 is 0 Å². The maximum Gasteiger partial charge on any atom is 0.119 e. The molecule has 2 aromatic rings. The van der Waals surface area contributed by atoms with Crippen molar-refractivity contribution in [2.75, 3.05) is 0 Å². The van der Waals surface area contributed by atoms with Gasteiger partial charge in [-0.25, -0.2) is 0 Å². The molecule has 4 heteroatoms. The lowest BCUT2D eigenvalue weighted by molar-refractivity contribution is 0.424. The lowest BCUT2D eigenvalue weighted by atomic mass is 9.81. The molecule has 0 heterocycles. The van der Waals surface area contributed by atoms with Gasteiger partial charge in [-0.15, -0.1) is 0 Å². The fourth-order valence-electron chi connectivity index (χ4n) is 2.47. The monoisotopic (exact) mass is 274 g/mol. The van der Waals surface area contributed by atoms with Crippen molar-refractivity contribution >= 4 is 0 Å². The molecule has 2 aromatic carbocycles. The molecule has 0 saturated heterocycles. The highest BCUT2D eigenvalue weighted by molar-refractivity contribution is 5.50. The summed E-state index contributed by atoms with van der Waals surface area (Å²) < 4.78 is 0. The van der Waals surface area contributed by atoms with Crippen LogP contribution in [0.5, 0.6) is 23.0 Å². The third kappa shape index (κ3) is 2.64. The van der Waals surface area contributed by atoms with Gasteiger partial charge in [-0.2, -0.15) is 0 Å². The lowest BCUT2D eigenvalue weighted by Gasteiger charge is -2.24. The molecule has 0 amide bonds. The van der Waals surface area contributed by atoms with Gasteiger partial charge in [0, 0.05) is 17.0 Å². The zero-order valence-electron chi connectivity index (χ0n) is 11.4. The normalized spacial score (nSPS) is 11.2. The summed E-state index contributed by atoms with van der Waals surface area (Å²) in [6, 6.07) is 8.59. The summed E-state index contributed by atoms with van der Waals surface area (Å²) in [5.41, 5.74) is 1.03. The fraction of sp³-hybridized carbons (Fsp3) is 0.250. The summed E-state index contributed by atoms with van der Waals surface area (Å²) in [7, 11) is 0. The van der Waals surface area contributed by atoms with Crippen LogP contribution in [0.25, 0.3) is 0 Å². The highest BCUT2D eigenvalue weighted by Gasteiger charge is 2.24. The Kier molecular flexibility index (Phi) is 3.74. The van der Waals surface area contributed by atoms with Crippen LogP contribution in [0, 0.1) is 5.92 Å². The average molecular weight is 274 g/mol. The molecule has 0 unspecified atom stereocenters. The molecule has 4 nitrogen and oxygen atoms in total. The van der Waals surface area contributed by atoms with Gasteiger partial charge in [-0.1, -0.05) is 13.8 Å². The van der Waals surface area contributed by atoms with Gasteiger partial charge >= 0.3 is 0 Å². The van der Waals surface area contributed by atoms with E-state index in [1.54, 1.807) is 0 Å². The Morgan fingerprint density at radius 1 is 0.700 bits per heavy atom. The smallest absolute Gasteiger partial charge is 0.119 e. The number of phenols is 4. The van der Waals surface area contributed by atoms with Gasteiger partial charge in [0.15, 0.2) is 0 Å². The topological polar surface area (TPSA) is 80.9 Å². The van der Waals surface area contributed by atoms with E-state index in [-0.39, 0.29) is 34.8 Å². The number of aromatic hydroxyl groups is 4. The van der Waals surface area contributed by atoms with Crippen molar-refractivity contribution in [3.63, 3.8) is 0 Å². The molecule has 0 spiro atoms. The first kappa shape index (κ1) is 14.1. The van der Waals surface area contributed by atoms with Crippen LogP contribution in [-0.4, -0.2) is 20.4 Å². The molecule has 4 N–H and O–H groups in total. The van der Waals surface area contributed by atoms with Gasteiger partial charge in [0.05, 0.1) is 0 Å². The van der Waals surface area contributed by atoms with Crippen molar-refractivity contribution in [2.45, 2.75) is 19.8 Å². The second kappa shape index (κ2) is 5.33. The molecule has 0 aliphatic heterocycles. The highest BCUT2D eigenvalue weighted by atomic mass is 16.3. The van der Waals surface area contributed by atoms with E-state index in [4.69, 9.17) is 0 Å². The first-order chi connectivity index (χ1) is 9.40. The highest BCUT2D eigenvalue weighted by Crippen LogP contribution is 2.42. The predicted molar refractivity (Wildman–Crippen MR) is 76.2 cm³/mol. The van der Waals surface area contributed by atoms with Gasteiger partial charge in [0.2, 0.25) is 0 Å². The summed E-state index contributed by atoms with van der Waals surface area (Å²) >= 11 is 0. The van der Waals surface area contributed by atoms with E-state index in [0.717, 1.165) is 0 Å². The Hall–Kier alpha value is -2.36. The van der Waals surface area contributed by atoms with Crippen LogP contribution < -0.4 is 0 Å². The minimum absolute atomic E-state index is 0.0445. The molecule has 20 heavy (non-hydrogen) atoms. The SMILES string of the molecule is CC(C)C(c1cc(O)ccc1O)c1cc(O)ccc1O. The molecule has 0 aromatic heterocycles. The first-order valence-electron chi connectivity index (χ1n) is 6.44. The summed E-state index contributed by atoms with van der Waals surface area (Å²) in [6.07, 6.45) is 0. The number of hydrogen-bond acceptors (Lipinski definition) is 4. The Morgan fingerprint density at radius 2 is 1.10 bits per heavy atom. The van der Waals surface area contributed by atoms with Gasteiger partial charge in [-0.3, -0.25) is 0 Å². The first-order valence-corrected chi connectivity index (χ1v) is 6.44. The van der Waals surface area contributed by atoms with Crippen molar-refractivity contribution in [2.24, 2.45) is 5.92 Å². The zero-order valence-corrected chi connectivity index (χ0v) is 11.4. The van der Waals surface area contributed by atoms with Gasteiger partial charge in [0.1, 0.15) is 23.0 Å². The average Bonchev–Trinajstić information content (AvgIpc) is 2.37. The van der Waals surface area contributed by atoms with Crippen molar-refractivity contribution in [3.8, 4) is 23.0 Å². The molecule has 2 rings (SSSR count). The number of rotatable bonds is 3. The van der Waals surface area contributed by atoms with Crippen molar-refractivity contribution in [3.05, 3.63) is 47.5 Å². The fourth-order valence-corrected chi connectivity index (χ4v) is 2.47. The van der Waals surface area contributed by atoms with Gasteiger partial charge in [0.25, 0.3) is 0 Å². The van der Waals surface area contributed by atoms with Crippen LogP contribution in [0.15, 0.2) is 36.4 Å². The molecule has 0 radical (unpaired) electrons. The molecule has 0 aliphatic rings. The Morgan fingerprint density at radius 3 is 1.45 bits per heavy atom. The van der Waals surface area contributed by atoms with Crippen LogP contribution in [0.4, 0.5) is 0 Å². The summed E-state index contributed by atoms with van der Waals surface area (Å²) in [5, 5.41) is 39.3. The van der Waals surface area contributed by atoms with Gasteiger partial charge in [-0.05, 0) is 42.3 Å². The van der Waals surface area contributed by atoms with E-state index in [0.29, 0.717) is 11.1 Å². The summed E-state index contributed by atoms with van der Waals surface area (Å²) in [4.78, 5) is 0. The molecule has 0 atom stereocenters. The quantitative estimate of drug-likeness (QED) is 0.647. The standard InChI is InChI=1S/C16H18O4/c1-9(2)16(12-7-10(17)3-5-14(12)19)13-8-11(18)4-6-15(13)20/h3-9,16-20H,1-2H3. The maximum atomic E-state index is 10.0. The second-order valence-electron chi connectivity index (χ2n) is 5.21. The molecule has 0 saturated carbocycles. The molecule has 0 bridgehead atoms. The van der Waals surface area contributed by atoms with E-state index in [9.17, 15) is 20.4 Å². The predicted octanol–water partition coefficient (Wildman–Crippen LogP) is 3.30. The maximum absolute atomic E-state index is 10.0. The van der Waals surface area contributed by atoms with Crippen molar-refractivity contribution in [1.29, 1.82) is 0 Å². The molecule has 0 aliphatic carbocycles. The molecular formula is C16H18O4. The van der Waals surface area contributed by atoms with E-state index < -0.39 is 0 Å². The molecule has 0 fully saturated rings. The Labute approximate surface area is 117 Å². The lowest BCUT2D eigenvalue weighted by Crippen LogP contribution is -2.09. The van der Waals surface area contributed by atoms with E-state index in [1.807, 2.05) is 13.8 Å². The number of hydrogen-bond donors (Lipinski definition) is 4. The van der Waals surface area contributed by atoms with Crippen molar-refractivity contribution in [1.82, 2.24) is 0 Å². The zero-order chi connectivity index (χ0) is 14.9. The Balaban J connectivity index is 2.62. The molecular weight excluding hydrogens is 256 g/mol. The van der Waals surface area contributed by atoms with E-state index in [2.05, 4.69) is 0 Å². The second-order valence-corrected chi connectivity index (χ2v) is 5.21. The van der Waals surface area contributed by atoms with Crippen LogP contribution in [0.1, 0.15) is 30.9 Å². The van der Waals surface area contributed by atoms with E-state index in [1.165, 1.54) is 36.4 Å². The minimum Gasteiger partial charge on any atom is -0.508 e. The number of benzene rings is 2. The molecule has 106 valence electrons. The number of phenolic OH excluding ortho intramolecular Hbond substituents is 4. The largest absolute Gasteiger partial charge is 0.508 e. The van der Waals surface area contributed by atoms with Crippen molar-refractivity contribution < 1.29 is 20.4 Å². The summed E-state index contributed by atoms with van der Waals surface area (Å²) in [6.45, 7) is 3.88. The van der Waals surface area contributed by atoms with Crippen LogP contribution in [0.3, 0.4) is 0 Å². The van der Waals surface area contributed by atoms with E-state index >= 15 is 0 Å². The Bertz CT molecular complexity index is 568. The van der Waals surface area contributed by atoms with Gasteiger partial charge < -0.3 is 20.4 Å². The third-order valence-corrected chi connectivity index (χ3v) is 3.36.